The molecular weight excluding hydrogens is 360 g/mol. The van der Waals surface area contributed by atoms with E-state index in [-0.39, 0.29) is 6.42 Å². The Morgan fingerprint density at radius 1 is 1.00 bits per heavy atom. The van der Waals surface area contributed by atoms with Crippen LogP contribution in [-0.4, -0.2) is 46.0 Å². The highest BCUT2D eigenvalue weighted by atomic mass is 15.3. The van der Waals surface area contributed by atoms with Crippen LogP contribution in [0.15, 0.2) is 54.9 Å². The second-order valence-corrected chi connectivity index (χ2v) is 7.33. The van der Waals surface area contributed by atoms with E-state index in [2.05, 4.69) is 57.0 Å². The van der Waals surface area contributed by atoms with Crippen molar-refractivity contribution in [3.8, 4) is 17.3 Å². The summed E-state index contributed by atoms with van der Waals surface area (Å²) >= 11 is 0. The van der Waals surface area contributed by atoms with Crippen molar-refractivity contribution in [1.82, 2.24) is 19.9 Å². The topological polar surface area (TPSA) is 68.9 Å². The fourth-order valence-corrected chi connectivity index (χ4v) is 3.71. The summed E-state index contributed by atoms with van der Waals surface area (Å²) in [5.41, 5.74) is 5.13. The van der Waals surface area contributed by atoms with Gasteiger partial charge in [0.2, 0.25) is 5.95 Å². The lowest BCUT2D eigenvalue weighted by atomic mass is 10.1. The number of pyridine rings is 1. The van der Waals surface area contributed by atoms with Gasteiger partial charge in [0.25, 0.3) is 0 Å². The average Bonchev–Trinajstić information content (AvgIpc) is 2.75. The molecule has 146 valence electrons. The van der Waals surface area contributed by atoms with Crippen LogP contribution in [0.4, 0.5) is 5.95 Å². The van der Waals surface area contributed by atoms with E-state index in [0.717, 1.165) is 55.6 Å². The van der Waals surface area contributed by atoms with Gasteiger partial charge in [0, 0.05) is 50.7 Å². The molecule has 1 aromatic carbocycles. The van der Waals surface area contributed by atoms with Gasteiger partial charge >= 0.3 is 0 Å². The van der Waals surface area contributed by atoms with Gasteiger partial charge in [-0.25, -0.2) is 9.97 Å². The van der Waals surface area contributed by atoms with Crippen molar-refractivity contribution in [2.75, 3.05) is 31.1 Å². The van der Waals surface area contributed by atoms with Crippen molar-refractivity contribution in [1.29, 1.82) is 5.26 Å². The molecular formula is C23H24N6. The van der Waals surface area contributed by atoms with Crippen molar-refractivity contribution < 1.29 is 0 Å². The third-order valence-electron chi connectivity index (χ3n) is 5.20. The first kappa shape index (κ1) is 19.0. The van der Waals surface area contributed by atoms with Crippen LogP contribution in [-0.2, 0) is 13.0 Å². The monoisotopic (exact) mass is 384 g/mol. The molecule has 1 fully saturated rings. The molecule has 2 aromatic heterocycles. The second-order valence-electron chi connectivity index (χ2n) is 7.33. The quantitative estimate of drug-likeness (QED) is 0.673. The minimum absolute atomic E-state index is 0.271. The third kappa shape index (κ3) is 4.58. The Morgan fingerprint density at radius 3 is 2.66 bits per heavy atom. The number of rotatable bonds is 5. The van der Waals surface area contributed by atoms with Crippen LogP contribution in [0.3, 0.4) is 0 Å². The molecule has 4 rings (SSSR count). The van der Waals surface area contributed by atoms with Crippen molar-refractivity contribution >= 4 is 5.95 Å². The van der Waals surface area contributed by atoms with Crippen LogP contribution < -0.4 is 4.90 Å². The van der Waals surface area contributed by atoms with Gasteiger partial charge in [-0.05, 0) is 30.7 Å². The number of piperazine rings is 1. The van der Waals surface area contributed by atoms with Gasteiger partial charge in [0.1, 0.15) is 0 Å². The molecule has 0 saturated carbocycles. The molecule has 1 aliphatic heterocycles. The number of hydrogen-bond donors (Lipinski definition) is 0. The Kier molecular flexibility index (Phi) is 5.78. The van der Waals surface area contributed by atoms with Crippen molar-refractivity contribution in [3.05, 3.63) is 71.7 Å². The molecule has 3 heterocycles. The summed E-state index contributed by atoms with van der Waals surface area (Å²) in [6, 6.07) is 16.6. The summed E-state index contributed by atoms with van der Waals surface area (Å²) < 4.78 is 0. The van der Waals surface area contributed by atoms with Crippen LogP contribution in [0.5, 0.6) is 0 Å². The van der Waals surface area contributed by atoms with Gasteiger partial charge in [-0.3, -0.25) is 9.88 Å². The highest BCUT2D eigenvalue weighted by Gasteiger charge is 2.20. The van der Waals surface area contributed by atoms with Gasteiger partial charge in [-0.1, -0.05) is 29.8 Å². The van der Waals surface area contributed by atoms with Crippen molar-refractivity contribution in [2.24, 2.45) is 0 Å². The first-order valence-electron chi connectivity index (χ1n) is 9.90. The summed E-state index contributed by atoms with van der Waals surface area (Å²) in [6.45, 7) is 6.86. The Balaban J connectivity index is 1.44. The number of nitriles is 1. The summed E-state index contributed by atoms with van der Waals surface area (Å²) in [7, 11) is 0. The van der Waals surface area contributed by atoms with Gasteiger partial charge in [0.15, 0.2) is 0 Å². The molecule has 0 bridgehead atoms. The van der Waals surface area contributed by atoms with E-state index in [0.29, 0.717) is 0 Å². The molecule has 0 amide bonds. The first-order valence-corrected chi connectivity index (χ1v) is 9.90. The first-order chi connectivity index (χ1) is 14.2. The molecule has 6 heteroatoms. The van der Waals surface area contributed by atoms with Gasteiger partial charge < -0.3 is 4.90 Å². The zero-order valence-corrected chi connectivity index (χ0v) is 16.6. The molecule has 0 unspecified atom stereocenters. The minimum atomic E-state index is 0.271. The normalized spacial score (nSPS) is 14.6. The predicted molar refractivity (Wildman–Crippen MR) is 113 cm³/mol. The van der Waals surface area contributed by atoms with Crippen LogP contribution in [0.1, 0.15) is 16.8 Å². The lowest BCUT2D eigenvalue weighted by Crippen LogP contribution is -2.46. The summed E-state index contributed by atoms with van der Waals surface area (Å²) in [4.78, 5) is 18.3. The van der Waals surface area contributed by atoms with Crippen LogP contribution in [0.2, 0.25) is 0 Å². The zero-order valence-electron chi connectivity index (χ0n) is 16.6. The van der Waals surface area contributed by atoms with E-state index in [9.17, 15) is 0 Å². The Labute approximate surface area is 171 Å². The average molecular weight is 384 g/mol. The Bertz CT molecular complexity index is 1020. The minimum Gasteiger partial charge on any atom is -0.338 e. The SMILES string of the molecule is Cc1cccc(CN2CCN(c3nccc(-c4cccnc4CC#N)n3)CC2)c1. The number of nitrogens with zero attached hydrogens (tertiary/aromatic N) is 6. The highest BCUT2D eigenvalue weighted by Crippen LogP contribution is 2.23. The summed E-state index contributed by atoms with van der Waals surface area (Å²) in [6.07, 6.45) is 3.78. The third-order valence-corrected chi connectivity index (χ3v) is 5.20. The molecule has 0 spiro atoms. The highest BCUT2D eigenvalue weighted by molar-refractivity contribution is 5.63. The van der Waals surface area contributed by atoms with E-state index in [1.165, 1.54) is 11.1 Å². The Morgan fingerprint density at radius 2 is 1.86 bits per heavy atom. The van der Waals surface area contributed by atoms with Crippen LogP contribution >= 0.6 is 0 Å². The predicted octanol–water partition coefficient (Wildman–Crippen LogP) is 3.24. The summed E-state index contributed by atoms with van der Waals surface area (Å²) in [5, 5.41) is 9.06. The standard InChI is InChI=1S/C23H24N6/c1-18-4-2-5-19(16-18)17-28-12-14-29(15-13-28)23-26-11-8-22(27-23)20-6-3-10-25-21(20)7-9-24/h2-6,8,10-11,16H,7,12-15,17H2,1H3. The lowest BCUT2D eigenvalue weighted by molar-refractivity contribution is 0.248. The zero-order chi connectivity index (χ0) is 20.1. The number of anilines is 1. The fourth-order valence-electron chi connectivity index (χ4n) is 3.71. The van der Waals surface area contributed by atoms with Crippen LogP contribution in [0.25, 0.3) is 11.3 Å². The maximum Gasteiger partial charge on any atom is 0.225 e. The molecule has 1 aliphatic rings. The number of aromatic nitrogens is 3. The maximum atomic E-state index is 9.06. The van der Waals surface area contributed by atoms with E-state index in [4.69, 9.17) is 10.2 Å². The second kappa shape index (κ2) is 8.80. The van der Waals surface area contributed by atoms with Gasteiger partial charge in [-0.15, -0.1) is 0 Å². The van der Waals surface area contributed by atoms with Crippen LogP contribution in [0, 0.1) is 18.3 Å². The largest absolute Gasteiger partial charge is 0.338 e. The van der Waals surface area contributed by atoms with E-state index < -0.39 is 0 Å². The van der Waals surface area contributed by atoms with E-state index >= 15 is 0 Å². The smallest absolute Gasteiger partial charge is 0.225 e. The molecule has 1 saturated heterocycles. The maximum absolute atomic E-state index is 9.06. The van der Waals surface area contributed by atoms with Crippen molar-refractivity contribution in [2.45, 2.75) is 19.9 Å². The molecule has 3 aromatic rings. The molecule has 6 nitrogen and oxygen atoms in total. The molecule has 0 aliphatic carbocycles. The van der Waals surface area contributed by atoms with Gasteiger partial charge in [-0.2, -0.15) is 5.26 Å². The molecule has 0 atom stereocenters. The number of aryl methyl sites for hydroxylation is 1. The van der Waals surface area contributed by atoms with Crippen molar-refractivity contribution in [3.63, 3.8) is 0 Å². The number of hydrogen-bond acceptors (Lipinski definition) is 6. The summed E-state index contributed by atoms with van der Waals surface area (Å²) in [5.74, 6) is 0.740. The fraction of sp³-hybridized carbons (Fsp3) is 0.304. The van der Waals surface area contributed by atoms with E-state index in [1.54, 1.807) is 12.4 Å². The van der Waals surface area contributed by atoms with E-state index in [1.807, 2.05) is 18.2 Å². The molecule has 0 N–H and O–H groups in total. The number of benzene rings is 1. The molecule has 0 radical (unpaired) electrons. The van der Waals surface area contributed by atoms with Gasteiger partial charge in [0.05, 0.1) is 23.9 Å². The Hall–Kier alpha value is -3.30. The molecule has 29 heavy (non-hydrogen) atoms. The lowest BCUT2D eigenvalue weighted by Gasteiger charge is -2.34.